The molecule has 154 valence electrons. The summed E-state index contributed by atoms with van der Waals surface area (Å²) in [5.74, 6) is 0. The molecule has 10 heteroatoms. The molecule has 0 aromatic rings. The van der Waals surface area contributed by atoms with E-state index in [1.165, 1.54) is 0 Å². The summed E-state index contributed by atoms with van der Waals surface area (Å²) in [5.41, 5.74) is 0. The van der Waals surface area contributed by atoms with E-state index in [9.17, 15) is 0 Å². The summed E-state index contributed by atoms with van der Waals surface area (Å²) >= 11 is 4.19. The minimum Gasteiger partial charge on any atom is -0.373 e. The highest BCUT2D eigenvalue weighted by Gasteiger charge is 2.44. The highest BCUT2D eigenvalue weighted by atomic mass is 32.1. The average molecular weight is 419 g/mol. The van der Waals surface area contributed by atoms with Gasteiger partial charge in [0.15, 0.2) is 0 Å². The van der Waals surface area contributed by atoms with Crippen LogP contribution in [0.4, 0.5) is 0 Å². The molecule has 0 spiro atoms. The zero-order valence-electron chi connectivity index (χ0n) is 17.0. The molecule has 0 aromatic heterocycles. The summed E-state index contributed by atoms with van der Waals surface area (Å²) in [6, 6.07) is 0. The van der Waals surface area contributed by atoms with Gasteiger partial charge in [-0.25, -0.2) is 0 Å². The molecule has 7 nitrogen and oxygen atoms in total. The molecule has 0 aliphatic rings. The Morgan fingerprint density at radius 2 is 0.720 bits per heavy atom. The summed E-state index contributed by atoms with van der Waals surface area (Å²) < 4.78 is 38.1. The van der Waals surface area contributed by atoms with Gasteiger partial charge in [-0.2, -0.15) is 12.6 Å². The third kappa shape index (κ3) is 12.5. The van der Waals surface area contributed by atoms with Crippen LogP contribution in [-0.2, 0) is 31.0 Å². The number of rotatable bonds is 15. The van der Waals surface area contributed by atoms with Gasteiger partial charge < -0.3 is 31.0 Å². The van der Waals surface area contributed by atoms with Crippen LogP contribution in [0.3, 0.4) is 0 Å². The predicted octanol–water partition coefficient (Wildman–Crippen LogP) is 3.07. The highest BCUT2D eigenvalue weighted by molar-refractivity contribution is 7.82. The molecule has 25 heavy (non-hydrogen) atoms. The minimum atomic E-state index is -2.80. The van der Waals surface area contributed by atoms with Crippen LogP contribution in [0, 0.1) is 0 Å². The first-order valence-corrected chi connectivity index (χ1v) is 13.3. The normalized spacial score (nSPS) is 12.0. The quantitative estimate of drug-likeness (QED) is 0.324. The fraction of sp³-hybridized carbons (Fsp3) is 1.00. The maximum atomic E-state index is 5.48. The molecule has 0 aromatic carbocycles. The van der Waals surface area contributed by atoms with Crippen LogP contribution in [0.15, 0.2) is 0 Å². The fourth-order valence-corrected chi connectivity index (χ4v) is 6.46. The van der Waals surface area contributed by atoms with Gasteiger partial charge in [0.25, 0.3) is 0 Å². The SMILES string of the molecule is CCO[Si](CS)(OCC)OCC.CCO[Si](OCC)(OCC)OCC. The Morgan fingerprint density at radius 3 is 0.880 bits per heavy atom. The van der Waals surface area contributed by atoms with Gasteiger partial charge in [-0.15, -0.1) is 0 Å². The van der Waals surface area contributed by atoms with Gasteiger partial charge in [-0.05, 0) is 48.5 Å². The van der Waals surface area contributed by atoms with E-state index >= 15 is 0 Å². The van der Waals surface area contributed by atoms with Crippen LogP contribution in [0.5, 0.6) is 0 Å². The first kappa shape index (κ1) is 27.7. The van der Waals surface area contributed by atoms with Crippen molar-refractivity contribution >= 4 is 30.5 Å². The number of hydrogen-bond donors (Lipinski definition) is 1. The highest BCUT2D eigenvalue weighted by Crippen LogP contribution is 2.12. The summed E-state index contributed by atoms with van der Waals surface area (Å²) in [6.45, 7) is 17.5. The fourth-order valence-electron chi connectivity index (χ4n) is 1.88. The standard InChI is InChI=1S/C8H20O4Si.C7H18O3SSi/c1-5-9-13(10-6-2,11-7-3)12-8-4;1-4-8-12(7-11,9-5-2)10-6-3/h5-8H2,1-4H3;11H,4-7H2,1-3H3. The zero-order chi connectivity index (χ0) is 19.6. The third-order valence-corrected chi connectivity index (χ3v) is 8.87. The van der Waals surface area contributed by atoms with E-state index in [0.29, 0.717) is 51.6 Å². The Morgan fingerprint density at radius 1 is 0.480 bits per heavy atom. The van der Waals surface area contributed by atoms with Crippen molar-refractivity contribution in [2.45, 2.75) is 48.5 Å². The second kappa shape index (κ2) is 17.9. The van der Waals surface area contributed by atoms with Crippen molar-refractivity contribution in [2.75, 3.05) is 51.6 Å². The Labute approximate surface area is 161 Å². The smallest absolute Gasteiger partial charge is 0.373 e. The number of thiol groups is 1. The van der Waals surface area contributed by atoms with Crippen LogP contribution >= 0.6 is 12.6 Å². The number of hydrogen-bond acceptors (Lipinski definition) is 8. The van der Waals surface area contributed by atoms with Crippen LogP contribution < -0.4 is 0 Å². The molecule has 0 amide bonds. The predicted molar refractivity (Wildman–Crippen MR) is 107 cm³/mol. The van der Waals surface area contributed by atoms with Crippen molar-refractivity contribution in [3.63, 3.8) is 0 Å². The maximum Gasteiger partial charge on any atom is 0.679 e. The molecule has 0 fully saturated rings. The Kier molecular flexibility index (Phi) is 19.8. The lowest BCUT2D eigenvalue weighted by Crippen LogP contribution is -2.49. The topological polar surface area (TPSA) is 64.6 Å². The van der Waals surface area contributed by atoms with Crippen molar-refractivity contribution < 1.29 is 31.0 Å². The molecule has 0 rings (SSSR count). The summed E-state index contributed by atoms with van der Waals surface area (Å²) in [6.07, 6.45) is 0. The average Bonchev–Trinajstić information content (AvgIpc) is 2.57. The van der Waals surface area contributed by atoms with Crippen molar-refractivity contribution in [1.29, 1.82) is 0 Å². The van der Waals surface area contributed by atoms with E-state index in [1.54, 1.807) is 0 Å². The Bertz CT molecular complexity index is 242. The monoisotopic (exact) mass is 418 g/mol. The third-order valence-electron chi connectivity index (χ3n) is 2.57. The second-order valence-electron chi connectivity index (χ2n) is 4.37. The van der Waals surface area contributed by atoms with Crippen molar-refractivity contribution in [3.8, 4) is 0 Å². The second-order valence-corrected chi connectivity index (χ2v) is 10.0. The van der Waals surface area contributed by atoms with Gasteiger partial charge in [-0.1, -0.05) is 0 Å². The molecule has 0 atom stereocenters. The largest absolute Gasteiger partial charge is 0.679 e. The zero-order valence-corrected chi connectivity index (χ0v) is 19.9. The summed E-state index contributed by atoms with van der Waals surface area (Å²) in [5, 5.41) is 0.544. The molecule has 0 saturated carbocycles. The molecule has 0 saturated heterocycles. The van der Waals surface area contributed by atoms with Gasteiger partial charge >= 0.3 is 17.9 Å². The van der Waals surface area contributed by atoms with E-state index in [2.05, 4.69) is 12.6 Å². The van der Waals surface area contributed by atoms with Crippen LogP contribution in [0.2, 0.25) is 0 Å². The lowest BCUT2D eigenvalue weighted by molar-refractivity contribution is -0.0247. The first-order valence-electron chi connectivity index (χ1n) is 9.07. The molecular formula is C15H38O7SSi2. The minimum absolute atomic E-state index is 0.544. The molecule has 0 heterocycles. The van der Waals surface area contributed by atoms with Gasteiger partial charge in [0, 0.05) is 46.2 Å². The van der Waals surface area contributed by atoms with Gasteiger partial charge in [0.2, 0.25) is 0 Å². The van der Waals surface area contributed by atoms with E-state index in [4.69, 9.17) is 31.0 Å². The molecule has 0 radical (unpaired) electrons. The van der Waals surface area contributed by atoms with Crippen molar-refractivity contribution in [2.24, 2.45) is 0 Å². The van der Waals surface area contributed by atoms with Crippen molar-refractivity contribution in [3.05, 3.63) is 0 Å². The Balaban J connectivity index is 0. The lowest BCUT2D eigenvalue weighted by atomic mass is 10.9. The molecule has 0 aliphatic carbocycles. The Hall–Kier alpha value is 0.504. The molecule has 0 bridgehead atoms. The lowest BCUT2D eigenvalue weighted by Gasteiger charge is -2.26. The van der Waals surface area contributed by atoms with E-state index in [0.717, 1.165) is 0 Å². The van der Waals surface area contributed by atoms with E-state index in [1.807, 2.05) is 48.5 Å². The van der Waals surface area contributed by atoms with Crippen LogP contribution in [0.1, 0.15) is 48.5 Å². The molecule has 0 aliphatic heterocycles. The van der Waals surface area contributed by atoms with Gasteiger partial charge in [-0.3, -0.25) is 0 Å². The molecule has 0 N–H and O–H groups in total. The van der Waals surface area contributed by atoms with Gasteiger partial charge in [0.1, 0.15) is 0 Å². The van der Waals surface area contributed by atoms with E-state index < -0.39 is 17.9 Å². The van der Waals surface area contributed by atoms with Crippen LogP contribution in [-0.4, -0.2) is 69.5 Å². The summed E-state index contributed by atoms with van der Waals surface area (Å²) in [7, 11) is -5.20. The first-order chi connectivity index (χ1) is 12.0. The molecule has 0 unspecified atom stereocenters. The van der Waals surface area contributed by atoms with Crippen molar-refractivity contribution in [1.82, 2.24) is 0 Å². The molecular weight excluding hydrogens is 380 g/mol. The van der Waals surface area contributed by atoms with Gasteiger partial charge in [0.05, 0.1) is 5.38 Å². The van der Waals surface area contributed by atoms with Crippen LogP contribution in [0.25, 0.3) is 0 Å². The maximum absolute atomic E-state index is 5.48. The van der Waals surface area contributed by atoms with E-state index in [-0.39, 0.29) is 0 Å². The summed E-state index contributed by atoms with van der Waals surface area (Å²) in [4.78, 5) is 0.